The van der Waals surface area contributed by atoms with Crippen LogP contribution >= 0.6 is 0 Å². The fourth-order valence-electron chi connectivity index (χ4n) is 1.95. The summed E-state index contributed by atoms with van der Waals surface area (Å²) in [6.45, 7) is 1.74. The van der Waals surface area contributed by atoms with Crippen molar-refractivity contribution in [3.05, 3.63) is 54.0 Å². The highest BCUT2D eigenvalue weighted by atomic mass is 16.5. The zero-order chi connectivity index (χ0) is 16.9. The second-order valence-corrected chi connectivity index (χ2v) is 4.93. The quantitative estimate of drug-likeness (QED) is 0.743. The van der Waals surface area contributed by atoms with E-state index in [1.165, 1.54) is 12.4 Å². The van der Waals surface area contributed by atoms with Gasteiger partial charge in [-0.25, -0.2) is 9.97 Å². The van der Waals surface area contributed by atoms with Crippen molar-refractivity contribution in [1.29, 1.82) is 0 Å². The van der Waals surface area contributed by atoms with E-state index in [1.807, 2.05) is 24.3 Å². The van der Waals surface area contributed by atoms with Crippen LogP contribution in [0.3, 0.4) is 0 Å². The van der Waals surface area contributed by atoms with Gasteiger partial charge in [0.25, 0.3) is 5.91 Å². The second kappa shape index (κ2) is 6.78. The number of ether oxygens (including phenoxy) is 1. The van der Waals surface area contributed by atoms with Gasteiger partial charge in [0.1, 0.15) is 11.5 Å². The summed E-state index contributed by atoms with van der Waals surface area (Å²) in [7, 11) is 1.60. The van der Waals surface area contributed by atoms with Gasteiger partial charge < -0.3 is 19.9 Å². The van der Waals surface area contributed by atoms with Crippen LogP contribution in [-0.2, 0) is 0 Å². The van der Waals surface area contributed by atoms with Crippen molar-refractivity contribution in [2.45, 2.75) is 6.92 Å². The molecule has 0 atom stereocenters. The van der Waals surface area contributed by atoms with Gasteiger partial charge in [-0.05, 0) is 19.1 Å². The van der Waals surface area contributed by atoms with Gasteiger partial charge >= 0.3 is 0 Å². The highest BCUT2D eigenvalue weighted by molar-refractivity contribution is 6.03. The van der Waals surface area contributed by atoms with Gasteiger partial charge in [-0.2, -0.15) is 0 Å². The number of nitrogens with zero attached hydrogens (tertiary/aromatic N) is 3. The lowest BCUT2D eigenvalue weighted by molar-refractivity contribution is 0.102. The maximum atomic E-state index is 12.1. The second-order valence-electron chi connectivity index (χ2n) is 4.93. The third kappa shape index (κ3) is 3.67. The minimum Gasteiger partial charge on any atom is -0.497 e. The summed E-state index contributed by atoms with van der Waals surface area (Å²) >= 11 is 0. The van der Waals surface area contributed by atoms with Crippen LogP contribution in [0.15, 0.2) is 47.2 Å². The van der Waals surface area contributed by atoms with E-state index in [4.69, 9.17) is 9.26 Å². The van der Waals surface area contributed by atoms with Crippen molar-refractivity contribution < 1.29 is 14.1 Å². The SMILES string of the molecule is COc1cccc(Nc2ncc(C(=O)Nc3cc(C)on3)cn2)c1. The lowest BCUT2D eigenvalue weighted by Crippen LogP contribution is -2.13. The molecule has 0 unspecified atom stereocenters. The first-order valence-corrected chi connectivity index (χ1v) is 7.12. The Morgan fingerprint density at radius 2 is 2.00 bits per heavy atom. The van der Waals surface area contributed by atoms with Crippen molar-refractivity contribution in [1.82, 2.24) is 15.1 Å². The van der Waals surface area contributed by atoms with Gasteiger partial charge in [0.2, 0.25) is 5.95 Å². The Morgan fingerprint density at radius 3 is 2.67 bits per heavy atom. The molecule has 2 N–H and O–H groups in total. The van der Waals surface area contributed by atoms with E-state index in [2.05, 4.69) is 25.8 Å². The van der Waals surface area contributed by atoms with Gasteiger partial charge in [-0.1, -0.05) is 11.2 Å². The average Bonchev–Trinajstić information content (AvgIpc) is 3.00. The van der Waals surface area contributed by atoms with Crippen LogP contribution in [0.5, 0.6) is 5.75 Å². The Kier molecular flexibility index (Phi) is 4.37. The van der Waals surface area contributed by atoms with E-state index < -0.39 is 0 Å². The van der Waals surface area contributed by atoms with Crippen LogP contribution in [-0.4, -0.2) is 28.1 Å². The topological polar surface area (TPSA) is 102 Å². The molecule has 1 aromatic carbocycles. The zero-order valence-electron chi connectivity index (χ0n) is 13.1. The number of methoxy groups -OCH3 is 1. The van der Waals surface area contributed by atoms with Crippen LogP contribution in [0.25, 0.3) is 0 Å². The summed E-state index contributed by atoms with van der Waals surface area (Å²) in [5.41, 5.74) is 1.09. The number of hydrogen-bond acceptors (Lipinski definition) is 7. The Labute approximate surface area is 137 Å². The molecule has 1 amide bonds. The molecule has 0 saturated carbocycles. The number of nitrogens with one attached hydrogen (secondary N) is 2. The summed E-state index contributed by atoms with van der Waals surface area (Å²) < 4.78 is 10.0. The smallest absolute Gasteiger partial charge is 0.260 e. The fraction of sp³-hybridized carbons (Fsp3) is 0.125. The number of carbonyl (C=O) groups excluding carboxylic acids is 1. The molecule has 0 bridgehead atoms. The van der Waals surface area contributed by atoms with Gasteiger partial charge in [0.05, 0.1) is 12.7 Å². The molecule has 8 heteroatoms. The summed E-state index contributed by atoms with van der Waals surface area (Å²) in [6, 6.07) is 8.99. The van der Waals surface area contributed by atoms with E-state index in [1.54, 1.807) is 20.1 Å². The molecule has 0 aliphatic heterocycles. The van der Waals surface area contributed by atoms with Gasteiger partial charge in [0, 0.05) is 30.2 Å². The van der Waals surface area contributed by atoms with E-state index in [0.29, 0.717) is 23.1 Å². The number of rotatable bonds is 5. The third-order valence-electron chi connectivity index (χ3n) is 3.11. The van der Waals surface area contributed by atoms with Gasteiger partial charge in [0.15, 0.2) is 5.82 Å². The van der Waals surface area contributed by atoms with Crippen molar-refractivity contribution >= 4 is 23.4 Å². The molecule has 0 saturated heterocycles. The van der Waals surface area contributed by atoms with Crippen LogP contribution in [0.4, 0.5) is 17.5 Å². The molecule has 0 radical (unpaired) electrons. The van der Waals surface area contributed by atoms with Gasteiger partial charge in [-0.3, -0.25) is 4.79 Å². The summed E-state index contributed by atoms with van der Waals surface area (Å²) in [4.78, 5) is 20.3. The average molecular weight is 325 g/mol. The summed E-state index contributed by atoms with van der Waals surface area (Å²) in [5.74, 6) is 1.68. The first kappa shape index (κ1) is 15.5. The molecule has 24 heavy (non-hydrogen) atoms. The molecule has 2 aromatic heterocycles. The molecular formula is C16H15N5O3. The zero-order valence-corrected chi connectivity index (χ0v) is 13.1. The van der Waals surface area contributed by atoms with Crippen LogP contribution in [0, 0.1) is 6.92 Å². The van der Waals surface area contributed by atoms with E-state index in [9.17, 15) is 4.79 Å². The molecule has 2 heterocycles. The molecule has 0 aliphatic carbocycles. The Morgan fingerprint density at radius 1 is 1.21 bits per heavy atom. The van der Waals surface area contributed by atoms with Crippen molar-refractivity contribution in [3.63, 3.8) is 0 Å². The van der Waals surface area contributed by atoms with E-state index in [0.717, 1.165) is 11.4 Å². The maximum Gasteiger partial charge on any atom is 0.260 e. The minimum atomic E-state index is -0.365. The van der Waals surface area contributed by atoms with Crippen LogP contribution < -0.4 is 15.4 Å². The monoisotopic (exact) mass is 325 g/mol. The Balaban J connectivity index is 1.67. The summed E-state index contributed by atoms with van der Waals surface area (Å²) in [6.07, 6.45) is 2.86. The lowest BCUT2D eigenvalue weighted by Gasteiger charge is -2.07. The third-order valence-corrected chi connectivity index (χ3v) is 3.11. The van der Waals surface area contributed by atoms with E-state index in [-0.39, 0.29) is 5.91 Å². The highest BCUT2D eigenvalue weighted by Gasteiger charge is 2.10. The number of carbonyl (C=O) groups is 1. The maximum absolute atomic E-state index is 12.1. The van der Waals surface area contributed by atoms with Crippen molar-refractivity contribution in [2.24, 2.45) is 0 Å². The standard InChI is InChI=1S/C16H15N5O3/c1-10-6-14(21-24-10)20-15(22)11-8-17-16(18-9-11)19-12-4-3-5-13(7-12)23-2/h3-9H,1-2H3,(H,17,18,19)(H,20,21,22). The van der Waals surface area contributed by atoms with Crippen molar-refractivity contribution in [2.75, 3.05) is 17.7 Å². The lowest BCUT2D eigenvalue weighted by atomic mass is 10.3. The predicted octanol–water partition coefficient (Wildman–Crippen LogP) is 2.78. The largest absolute Gasteiger partial charge is 0.497 e. The summed E-state index contributed by atoms with van der Waals surface area (Å²) in [5, 5.41) is 9.34. The molecule has 122 valence electrons. The number of hydrogen-bond donors (Lipinski definition) is 2. The minimum absolute atomic E-state index is 0.312. The number of aromatic nitrogens is 3. The number of amides is 1. The van der Waals surface area contributed by atoms with Crippen LogP contribution in [0.1, 0.15) is 16.1 Å². The van der Waals surface area contributed by atoms with Crippen LogP contribution in [0.2, 0.25) is 0 Å². The molecule has 0 spiro atoms. The number of benzene rings is 1. The number of aryl methyl sites for hydroxylation is 1. The molecular weight excluding hydrogens is 310 g/mol. The first-order valence-electron chi connectivity index (χ1n) is 7.12. The Bertz CT molecular complexity index is 845. The Hall–Kier alpha value is -3.42. The molecule has 0 fully saturated rings. The predicted molar refractivity (Wildman–Crippen MR) is 87.5 cm³/mol. The number of anilines is 3. The normalized spacial score (nSPS) is 10.2. The van der Waals surface area contributed by atoms with Gasteiger partial charge in [-0.15, -0.1) is 0 Å². The highest BCUT2D eigenvalue weighted by Crippen LogP contribution is 2.19. The molecule has 3 rings (SSSR count). The fourth-order valence-corrected chi connectivity index (χ4v) is 1.95. The van der Waals surface area contributed by atoms with Crippen molar-refractivity contribution in [3.8, 4) is 5.75 Å². The van der Waals surface area contributed by atoms with E-state index >= 15 is 0 Å². The molecule has 8 nitrogen and oxygen atoms in total. The molecule has 3 aromatic rings. The molecule has 0 aliphatic rings. The first-order chi connectivity index (χ1) is 11.6.